The number of oxazole rings is 1. The molecule has 1 heterocycles. The molecule has 0 bridgehead atoms. The van der Waals surface area contributed by atoms with Crippen molar-refractivity contribution in [2.45, 2.75) is 17.9 Å². The molecule has 1 aromatic heterocycles. The summed E-state index contributed by atoms with van der Waals surface area (Å²) in [4.78, 5) is 15.5. The molecule has 5 heteroatoms. The number of hydrogen-bond acceptors (Lipinski definition) is 5. The fraction of sp³-hybridized carbons (Fsp3) is 0.333. The number of carbonyl (C=O) groups excluding carboxylic acids is 1. The van der Waals surface area contributed by atoms with Crippen molar-refractivity contribution in [3.63, 3.8) is 0 Å². The Morgan fingerprint density at radius 2 is 2.29 bits per heavy atom. The smallest absolute Gasteiger partial charge is 0.318 e. The average molecular weight is 251 g/mol. The van der Waals surface area contributed by atoms with Gasteiger partial charge in [-0.15, -0.1) is 11.8 Å². The normalized spacial score (nSPS) is 12.6. The number of methoxy groups -OCH3 is 1. The molecule has 0 N–H and O–H groups in total. The standard InChI is InChI=1S/C12H13NO3S/c1-8(12(14)15-2)17-7-11-13-9-5-3-4-6-10(9)16-11/h3-6,8H,7H2,1-2H3. The second-order valence-electron chi connectivity index (χ2n) is 3.55. The fourth-order valence-corrected chi connectivity index (χ4v) is 2.16. The van der Waals surface area contributed by atoms with Crippen LogP contribution in [0.2, 0.25) is 0 Å². The third kappa shape index (κ3) is 2.79. The maximum atomic E-state index is 11.2. The van der Waals surface area contributed by atoms with Crippen molar-refractivity contribution in [3.8, 4) is 0 Å². The van der Waals surface area contributed by atoms with Crippen LogP contribution in [0.5, 0.6) is 0 Å². The summed E-state index contributed by atoms with van der Waals surface area (Å²) in [7, 11) is 1.39. The summed E-state index contributed by atoms with van der Waals surface area (Å²) in [6.45, 7) is 1.80. The number of esters is 1. The van der Waals surface area contributed by atoms with Crippen LogP contribution in [-0.4, -0.2) is 23.3 Å². The Balaban J connectivity index is 2.01. The predicted octanol–water partition coefficient (Wildman–Crippen LogP) is 2.62. The second kappa shape index (κ2) is 5.23. The van der Waals surface area contributed by atoms with Crippen LogP contribution in [0.25, 0.3) is 11.1 Å². The third-order valence-corrected chi connectivity index (χ3v) is 3.43. The van der Waals surface area contributed by atoms with Gasteiger partial charge in [-0.25, -0.2) is 4.98 Å². The van der Waals surface area contributed by atoms with Crippen LogP contribution in [0, 0.1) is 0 Å². The summed E-state index contributed by atoms with van der Waals surface area (Å²) >= 11 is 1.45. The molecule has 1 unspecified atom stereocenters. The van der Waals surface area contributed by atoms with Crippen LogP contribution in [0.15, 0.2) is 28.7 Å². The van der Waals surface area contributed by atoms with Gasteiger partial charge in [0.1, 0.15) is 10.8 Å². The van der Waals surface area contributed by atoms with E-state index in [4.69, 9.17) is 4.42 Å². The Labute approximate surface area is 103 Å². The van der Waals surface area contributed by atoms with Gasteiger partial charge in [0.2, 0.25) is 5.89 Å². The number of aromatic nitrogens is 1. The molecule has 0 saturated heterocycles. The van der Waals surface area contributed by atoms with E-state index >= 15 is 0 Å². The van der Waals surface area contributed by atoms with Crippen molar-refractivity contribution in [1.29, 1.82) is 0 Å². The topological polar surface area (TPSA) is 52.3 Å². The van der Waals surface area contributed by atoms with E-state index in [1.807, 2.05) is 24.3 Å². The lowest BCUT2D eigenvalue weighted by molar-refractivity contribution is -0.139. The molecule has 0 aliphatic heterocycles. The lowest BCUT2D eigenvalue weighted by Gasteiger charge is -2.06. The minimum atomic E-state index is -0.230. The van der Waals surface area contributed by atoms with Crippen LogP contribution < -0.4 is 0 Å². The number of para-hydroxylation sites is 2. The third-order valence-electron chi connectivity index (χ3n) is 2.33. The van der Waals surface area contributed by atoms with Gasteiger partial charge in [-0.1, -0.05) is 12.1 Å². The van der Waals surface area contributed by atoms with Crippen molar-refractivity contribution >= 4 is 28.8 Å². The van der Waals surface area contributed by atoms with Crippen LogP contribution in [0.1, 0.15) is 12.8 Å². The number of benzene rings is 1. The first kappa shape index (κ1) is 12.0. The molecular weight excluding hydrogens is 238 g/mol. The molecule has 0 fully saturated rings. The van der Waals surface area contributed by atoms with Crippen LogP contribution >= 0.6 is 11.8 Å². The van der Waals surface area contributed by atoms with E-state index < -0.39 is 0 Å². The molecule has 17 heavy (non-hydrogen) atoms. The van der Waals surface area contributed by atoms with Crippen molar-refractivity contribution in [1.82, 2.24) is 4.98 Å². The summed E-state index contributed by atoms with van der Waals surface area (Å²) in [6.07, 6.45) is 0. The zero-order valence-corrected chi connectivity index (χ0v) is 10.5. The Bertz CT molecular complexity index is 490. The molecule has 1 aromatic carbocycles. The Morgan fingerprint density at radius 3 is 3.00 bits per heavy atom. The van der Waals surface area contributed by atoms with Gasteiger partial charge in [-0.2, -0.15) is 0 Å². The van der Waals surface area contributed by atoms with Gasteiger partial charge in [-0.05, 0) is 19.1 Å². The number of ether oxygens (including phenoxy) is 1. The van der Waals surface area contributed by atoms with Crippen molar-refractivity contribution in [3.05, 3.63) is 30.2 Å². The summed E-state index contributed by atoms with van der Waals surface area (Å²) in [5, 5.41) is -0.213. The number of hydrogen-bond donors (Lipinski definition) is 0. The van der Waals surface area contributed by atoms with Crippen molar-refractivity contribution in [2.24, 2.45) is 0 Å². The molecule has 0 radical (unpaired) electrons. The zero-order valence-electron chi connectivity index (χ0n) is 9.67. The minimum absolute atomic E-state index is 0.213. The quantitative estimate of drug-likeness (QED) is 0.782. The van der Waals surface area contributed by atoms with E-state index in [1.165, 1.54) is 18.9 Å². The van der Waals surface area contributed by atoms with Gasteiger partial charge >= 0.3 is 5.97 Å². The number of fused-ring (bicyclic) bond motifs is 1. The molecule has 0 amide bonds. The largest absolute Gasteiger partial charge is 0.468 e. The molecule has 1 atom stereocenters. The SMILES string of the molecule is COC(=O)C(C)SCc1nc2ccccc2o1. The average Bonchev–Trinajstić information content (AvgIpc) is 2.77. The molecule has 0 saturated carbocycles. The molecule has 0 spiro atoms. The van der Waals surface area contributed by atoms with E-state index in [0.717, 1.165) is 11.1 Å². The summed E-state index contributed by atoms with van der Waals surface area (Å²) in [5.41, 5.74) is 1.61. The Hall–Kier alpha value is -1.49. The molecule has 0 aliphatic carbocycles. The summed E-state index contributed by atoms with van der Waals surface area (Å²) in [5.74, 6) is 0.961. The highest BCUT2D eigenvalue weighted by molar-refractivity contribution is 7.99. The lowest BCUT2D eigenvalue weighted by atomic mass is 10.3. The van der Waals surface area contributed by atoms with Crippen molar-refractivity contribution < 1.29 is 13.9 Å². The Kier molecular flexibility index (Phi) is 3.68. The molecular formula is C12H13NO3S. The second-order valence-corrected chi connectivity index (χ2v) is 4.88. The van der Waals surface area contributed by atoms with Crippen LogP contribution in [0.4, 0.5) is 0 Å². The lowest BCUT2D eigenvalue weighted by Crippen LogP contribution is -2.14. The van der Waals surface area contributed by atoms with E-state index in [2.05, 4.69) is 9.72 Å². The minimum Gasteiger partial charge on any atom is -0.468 e. The highest BCUT2D eigenvalue weighted by Crippen LogP contribution is 2.21. The van der Waals surface area contributed by atoms with Gasteiger partial charge in [0.15, 0.2) is 5.58 Å². The van der Waals surface area contributed by atoms with Crippen molar-refractivity contribution in [2.75, 3.05) is 7.11 Å². The first-order valence-corrected chi connectivity index (χ1v) is 6.29. The van der Waals surface area contributed by atoms with E-state index in [9.17, 15) is 4.79 Å². The van der Waals surface area contributed by atoms with Gasteiger partial charge < -0.3 is 9.15 Å². The summed E-state index contributed by atoms with van der Waals surface area (Å²) in [6, 6.07) is 7.59. The van der Waals surface area contributed by atoms with E-state index in [0.29, 0.717) is 11.6 Å². The first-order chi connectivity index (χ1) is 8.20. The maximum Gasteiger partial charge on any atom is 0.318 e. The maximum absolute atomic E-state index is 11.2. The highest BCUT2D eigenvalue weighted by Gasteiger charge is 2.15. The van der Waals surface area contributed by atoms with Gasteiger partial charge in [0.25, 0.3) is 0 Å². The Morgan fingerprint density at radius 1 is 1.53 bits per heavy atom. The number of carbonyl (C=O) groups is 1. The fourth-order valence-electron chi connectivity index (χ4n) is 1.41. The van der Waals surface area contributed by atoms with E-state index in [-0.39, 0.29) is 11.2 Å². The van der Waals surface area contributed by atoms with E-state index in [1.54, 1.807) is 6.92 Å². The predicted molar refractivity (Wildman–Crippen MR) is 66.8 cm³/mol. The molecule has 2 rings (SSSR count). The number of thioether (sulfide) groups is 1. The molecule has 0 aliphatic rings. The first-order valence-electron chi connectivity index (χ1n) is 5.24. The summed E-state index contributed by atoms with van der Waals surface area (Å²) < 4.78 is 10.2. The molecule has 2 aromatic rings. The van der Waals surface area contributed by atoms with Gasteiger partial charge in [0, 0.05) is 0 Å². The highest BCUT2D eigenvalue weighted by atomic mass is 32.2. The van der Waals surface area contributed by atoms with Gasteiger partial charge in [-0.3, -0.25) is 4.79 Å². The molecule has 4 nitrogen and oxygen atoms in total. The monoisotopic (exact) mass is 251 g/mol. The number of rotatable bonds is 4. The van der Waals surface area contributed by atoms with Gasteiger partial charge in [0.05, 0.1) is 12.9 Å². The number of nitrogens with zero attached hydrogens (tertiary/aromatic N) is 1. The van der Waals surface area contributed by atoms with Crippen LogP contribution in [-0.2, 0) is 15.3 Å². The molecule has 90 valence electrons. The zero-order chi connectivity index (χ0) is 12.3. The van der Waals surface area contributed by atoms with Crippen LogP contribution in [0.3, 0.4) is 0 Å².